The van der Waals surface area contributed by atoms with Gasteiger partial charge in [0.1, 0.15) is 17.4 Å². The van der Waals surface area contributed by atoms with Crippen molar-refractivity contribution in [3.05, 3.63) is 53.5 Å². The molecule has 0 radical (unpaired) electrons. The quantitative estimate of drug-likeness (QED) is 0.784. The number of benzene rings is 1. The van der Waals surface area contributed by atoms with Gasteiger partial charge in [-0.25, -0.2) is 0 Å². The van der Waals surface area contributed by atoms with Crippen molar-refractivity contribution in [2.24, 2.45) is 7.05 Å². The smallest absolute Gasteiger partial charge is 0.134 e. The van der Waals surface area contributed by atoms with Crippen LogP contribution in [-0.4, -0.2) is 14.9 Å². The molecule has 0 fully saturated rings. The normalized spacial score (nSPS) is 13.0. The number of hydrogen-bond donors (Lipinski definition) is 1. The van der Waals surface area contributed by atoms with E-state index in [2.05, 4.69) is 11.2 Å². The van der Waals surface area contributed by atoms with Gasteiger partial charge in [-0.15, -0.1) is 0 Å². The number of aromatic nitrogens is 2. The minimum atomic E-state index is -0.642. The molecule has 1 unspecified atom stereocenters. The van der Waals surface area contributed by atoms with Crippen LogP contribution in [0.4, 0.5) is 0 Å². The first-order valence-corrected chi connectivity index (χ1v) is 6.27. The van der Waals surface area contributed by atoms with Gasteiger partial charge in [0, 0.05) is 25.1 Å². The molecule has 1 N–H and O–H groups in total. The van der Waals surface area contributed by atoms with Gasteiger partial charge in [-0.2, -0.15) is 5.10 Å². The van der Waals surface area contributed by atoms with Gasteiger partial charge in [0.25, 0.3) is 0 Å². The second-order valence-corrected chi connectivity index (χ2v) is 4.93. The summed E-state index contributed by atoms with van der Waals surface area (Å²) in [5.41, 5.74) is 2.99. The number of fused-ring (bicyclic) bond motifs is 1. The molecule has 0 saturated carbocycles. The number of hydrogen-bond acceptors (Lipinski definition) is 3. The predicted molar refractivity (Wildman–Crippen MR) is 72.8 cm³/mol. The number of rotatable bonds is 3. The first-order chi connectivity index (χ1) is 9.11. The van der Waals surface area contributed by atoms with E-state index in [0.29, 0.717) is 12.2 Å². The van der Waals surface area contributed by atoms with E-state index in [1.807, 2.05) is 38.4 Å². The van der Waals surface area contributed by atoms with Gasteiger partial charge in [-0.3, -0.25) is 4.68 Å². The van der Waals surface area contributed by atoms with Crippen LogP contribution in [0.2, 0.25) is 0 Å². The summed E-state index contributed by atoms with van der Waals surface area (Å²) in [6.07, 6.45) is 3.52. The molecule has 98 valence electrons. The maximum Gasteiger partial charge on any atom is 0.134 e. The predicted octanol–water partition coefficient (Wildman–Crippen LogP) is 2.75. The lowest BCUT2D eigenvalue weighted by molar-refractivity contribution is 0.152. The molecule has 0 aliphatic rings. The summed E-state index contributed by atoms with van der Waals surface area (Å²) in [7, 11) is 1.86. The van der Waals surface area contributed by atoms with Gasteiger partial charge in [0.2, 0.25) is 0 Å². The number of aliphatic hydroxyl groups is 1. The van der Waals surface area contributed by atoms with Crippen LogP contribution in [0.1, 0.15) is 23.0 Å². The Morgan fingerprint density at radius 2 is 2.21 bits per heavy atom. The van der Waals surface area contributed by atoms with Gasteiger partial charge >= 0.3 is 0 Å². The molecule has 0 amide bonds. The van der Waals surface area contributed by atoms with Gasteiger partial charge in [0.15, 0.2) is 0 Å². The minimum Gasteiger partial charge on any atom is -0.458 e. The molecule has 1 atom stereocenters. The molecule has 2 aromatic heterocycles. The van der Waals surface area contributed by atoms with Crippen LogP contribution in [0.15, 0.2) is 41.1 Å². The maximum atomic E-state index is 10.2. The first kappa shape index (κ1) is 12.0. The molecule has 19 heavy (non-hydrogen) atoms. The van der Waals surface area contributed by atoms with Crippen molar-refractivity contribution in [3.63, 3.8) is 0 Å². The third-order valence-electron chi connectivity index (χ3n) is 3.21. The van der Waals surface area contributed by atoms with Crippen LogP contribution < -0.4 is 0 Å². The van der Waals surface area contributed by atoms with Gasteiger partial charge in [-0.05, 0) is 30.7 Å². The zero-order chi connectivity index (χ0) is 13.4. The van der Waals surface area contributed by atoms with E-state index in [4.69, 9.17) is 4.42 Å². The average Bonchev–Trinajstić information content (AvgIpc) is 2.95. The number of aryl methyl sites for hydroxylation is 2. The molecule has 1 aromatic carbocycles. The van der Waals surface area contributed by atoms with Gasteiger partial charge < -0.3 is 9.52 Å². The summed E-state index contributed by atoms with van der Waals surface area (Å²) < 4.78 is 7.41. The van der Waals surface area contributed by atoms with Crippen molar-refractivity contribution < 1.29 is 9.52 Å². The first-order valence-electron chi connectivity index (χ1n) is 6.27. The zero-order valence-corrected chi connectivity index (χ0v) is 11.0. The topological polar surface area (TPSA) is 51.2 Å². The molecule has 0 aliphatic heterocycles. The largest absolute Gasteiger partial charge is 0.458 e. The zero-order valence-electron chi connectivity index (χ0n) is 11.0. The highest BCUT2D eigenvalue weighted by Crippen LogP contribution is 2.26. The fourth-order valence-corrected chi connectivity index (χ4v) is 2.25. The Morgan fingerprint density at radius 1 is 1.37 bits per heavy atom. The van der Waals surface area contributed by atoms with E-state index in [-0.39, 0.29) is 0 Å². The lowest BCUT2D eigenvalue weighted by Gasteiger charge is -2.04. The summed E-state index contributed by atoms with van der Waals surface area (Å²) in [5.74, 6) is 0.601. The SMILES string of the molecule is Cc1ccc2oc(C(O)Cc3cnn(C)c3)cc2c1. The molecule has 0 spiro atoms. The monoisotopic (exact) mass is 256 g/mol. The van der Waals surface area contributed by atoms with Crippen molar-refractivity contribution in [3.8, 4) is 0 Å². The van der Waals surface area contributed by atoms with Crippen LogP contribution in [0.5, 0.6) is 0 Å². The molecule has 0 bridgehead atoms. The van der Waals surface area contributed by atoms with Crippen molar-refractivity contribution >= 4 is 11.0 Å². The van der Waals surface area contributed by atoms with E-state index in [0.717, 1.165) is 16.5 Å². The summed E-state index contributed by atoms with van der Waals surface area (Å²) in [6, 6.07) is 7.90. The summed E-state index contributed by atoms with van der Waals surface area (Å²) in [6.45, 7) is 2.04. The Bertz CT molecular complexity index is 712. The molecule has 3 aromatic rings. The highest BCUT2D eigenvalue weighted by Gasteiger charge is 2.15. The number of furan rings is 1. The number of nitrogens with zero attached hydrogens (tertiary/aromatic N) is 2. The summed E-state index contributed by atoms with van der Waals surface area (Å²) in [5, 5.41) is 15.3. The molecule has 2 heterocycles. The van der Waals surface area contributed by atoms with Crippen LogP contribution >= 0.6 is 0 Å². The Hall–Kier alpha value is -2.07. The molecular formula is C15H16N2O2. The maximum absolute atomic E-state index is 10.2. The average molecular weight is 256 g/mol. The molecular weight excluding hydrogens is 240 g/mol. The highest BCUT2D eigenvalue weighted by molar-refractivity contribution is 5.78. The van der Waals surface area contributed by atoms with Crippen LogP contribution in [0.25, 0.3) is 11.0 Å². The lowest BCUT2D eigenvalue weighted by atomic mass is 10.1. The van der Waals surface area contributed by atoms with Crippen molar-refractivity contribution in [1.29, 1.82) is 0 Å². The van der Waals surface area contributed by atoms with E-state index in [9.17, 15) is 5.11 Å². The Labute approximate surface area is 111 Å². The minimum absolute atomic E-state index is 0.507. The molecule has 4 nitrogen and oxygen atoms in total. The Morgan fingerprint density at radius 3 is 2.95 bits per heavy atom. The number of aliphatic hydroxyl groups excluding tert-OH is 1. The Balaban J connectivity index is 1.86. The van der Waals surface area contributed by atoms with E-state index < -0.39 is 6.10 Å². The molecule has 3 rings (SSSR count). The fraction of sp³-hybridized carbons (Fsp3) is 0.267. The van der Waals surface area contributed by atoms with Crippen LogP contribution in [0, 0.1) is 6.92 Å². The summed E-state index contributed by atoms with van der Waals surface area (Å²) >= 11 is 0. The molecule has 0 saturated heterocycles. The van der Waals surface area contributed by atoms with Crippen LogP contribution in [-0.2, 0) is 13.5 Å². The summed E-state index contributed by atoms with van der Waals surface area (Å²) in [4.78, 5) is 0. The fourth-order valence-electron chi connectivity index (χ4n) is 2.25. The second kappa shape index (κ2) is 4.55. The van der Waals surface area contributed by atoms with E-state index in [1.54, 1.807) is 10.9 Å². The van der Waals surface area contributed by atoms with Crippen molar-refractivity contribution in [2.75, 3.05) is 0 Å². The third-order valence-corrected chi connectivity index (χ3v) is 3.21. The van der Waals surface area contributed by atoms with Gasteiger partial charge in [-0.1, -0.05) is 11.6 Å². The van der Waals surface area contributed by atoms with Crippen molar-refractivity contribution in [2.45, 2.75) is 19.4 Å². The highest BCUT2D eigenvalue weighted by atomic mass is 16.4. The lowest BCUT2D eigenvalue weighted by Crippen LogP contribution is -1.99. The standard InChI is InChI=1S/C15H16N2O2/c1-10-3-4-14-12(5-10)7-15(19-14)13(18)6-11-8-16-17(2)9-11/h3-5,7-9,13,18H,6H2,1-2H3. The van der Waals surface area contributed by atoms with Gasteiger partial charge in [0.05, 0.1) is 6.20 Å². The third kappa shape index (κ3) is 2.39. The Kier molecular flexibility index (Phi) is 2.87. The van der Waals surface area contributed by atoms with E-state index >= 15 is 0 Å². The van der Waals surface area contributed by atoms with Crippen molar-refractivity contribution in [1.82, 2.24) is 9.78 Å². The molecule has 4 heteroatoms. The van der Waals surface area contributed by atoms with E-state index in [1.165, 1.54) is 5.56 Å². The molecule has 0 aliphatic carbocycles. The second-order valence-electron chi connectivity index (χ2n) is 4.93. The van der Waals surface area contributed by atoms with Crippen LogP contribution in [0.3, 0.4) is 0 Å².